The zero-order valence-electron chi connectivity index (χ0n) is 18.0. The Morgan fingerprint density at radius 2 is 1.93 bits per heavy atom. The summed E-state index contributed by atoms with van der Waals surface area (Å²) in [5.74, 6) is 1.60. The molecule has 0 radical (unpaired) electrons. The van der Waals surface area contributed by atoms with Gasteiger partial charge in [-0.15, -0.1) is 0 Å². The number of nitrogens with zero attached hydrogens (tertiary/aromatic N) is 4. The standard InChI is InChI=1S/C24H30N4O2/c1-4-5-10-23-26-22(14-11-17(2)3)27-28(23)16-19-13-12-18(15-25-19)20-8-6-7-9-21(20)24(29)30/h6-9,12-13,15,17H,4-5,10-11,14,16H2,1-3H3,(H,29,30). The van der Waals surface area contributed by atoms with Crippen LogP contribution in [0.25, 0.3) is 11.1 Å². The van der Waals surface area contributed by atoms with Gasteiger partial charge >= 0.3 is 5.97 Å². The average molecular weight is 407 g/mol. The molecule has 0 aliphatic rings. The summed E-state index contributed by atoms with van der Waals surface area (Å²) in [6.45, 7) is 7.16. The van der Waals surface area contributed by atoms with E-state index in [0.29, 0.717) is 18.0 Å². The third kappa shape index (κ3) is 5.53. The molecule has 0 saturated heterocycles. The molecule has 0 atom stereocenters. The number of unbranched alkanes of at least 4 members (excludes halogenated alkanes) is 1. The van der Waals surface area contributed by atoms with Crippen LogP contribution in [-0.2, 0) is 19.4 Å². The van der Waals surface area contributed by atoms with Crippen LogP contribution in [0, 0.1) is 5.92 Å². The predicted octanol–water partition coefficient (Wildman–Crippen LogP) is 5.02. The molecule has 0 amide bonds. The largest absolute Gasteiger partial charge is 0.478 e. The molecule has 0 aliphatic heterocycles. The molecule has 1 aromatic carbocycles. The van der Waals surface area contributed by atoms with E-state index in [1.165, 1.54) is 0 Å². The summed E-state index contributed by atoms with van der Waals surface area (Å²) in [5.41, 5.74) is 2.62. The van der Waals surface area contributed by atoms with Gasteiger partial charge in [-0.05, 0) is 36.5 Å². The fraction of sp³-hybridized carbons (Fsp3) is 0.417. The summed E-state index contributed by atoms with van der Waals surface area (Å²) < 4.78 is 1.97. The van der Waals surface area contributed by atoms with Crippen LogP contribution >= 0.6 is 0 Å². The van der Waals surface area contributed by atoms with E-state index >= 15 is 0 Å². The molecular formula is C24H30N4O2. The minimum atomic E-state index is -0.938. The lowest BCUT2D eigenvalue weighted by Crippen LogP contribution is -2.08. The van der Waals surface area contributed by atoms with Gasteiger partial charge in [-0.25, -0.2) is 14.5 Å². The Kier molecular flexibility index (Phi) is 7.33. The highest BCUT2D eigenvalue weighted by Crippen LogP contribution is 2.23. The molecule has 0 saturated carbocycles. The Labute approximate surface area is 178 Å². The second-order valence-electron chi connectivity index (χ2n) is 8.03. The molecular weight excluding hydrogens is 376 g/mol. The van der Waals surface area contributed by atoms with Crippen LogP contribution in [0.15, 0.2) is 42.6 Å². The zero-order chi connectivity index (χ0) is 21.5. The van der Waals surface area contributed by atoms with Gasteiger partial charge in [-0.3, -0.25) is 4.98 Å². The van der Waals surface area contributed by atoms with E-state index in [4.69, 9.17) is 10.1 Å². The molecule has 0 spiro atoms. The Bertz CT molecular complexity index is 977. The monoisotopic (exact) mass is 406 g/mol. The van der Waals surface area contributed by atoms with Crippen LogP contribution in [0.3, 0.4) is 0 Å². The van der Waals surface area contributed by atoms with Gasteiger partial charge in [0, 0.05) is 24.6 Å². The first-order chi connectivity index (χ1) is 14.5. The number of carboxylic acid groups (broad SMARTS) is 1. The molecule has 158 valence electrons. The van der Waals surface area contributed by atoms with Crippen molar-refractivity contribution in [1.82, 2.24) is 19.7 Å². The molecule has 0 unspecified atom stereocenters. The SMILES string of the molecule is CCCCc1nc(CCC(C)C)nn1Cc1ccc(-c2ccccc2C(=O)O)cn1. The molecule has 1 N–H and O–H groups in total. The van der Waals surface area contributed by atoms with E-state index in [1.807, 2.05) is 22.9 Å². The van der Waals surface area contributed by atoms with Crippen LogP contribution in [0.1, 0.15) is 67.7 Å². The summed E-state index contributed by atoms with van der Waals surface area (Å²) in [6.07, 6.45) is 6.81. The van der Waals surface area contributed by atoms with Crippen molar-refractivity contribution in [2.45, 2.75) is 59.4 Å². The number of aromatic carboxylic acids is 1. The van der Waals surface area contributed by atoms with Crippen LogP contribution in [0.5, 0.6) is 0 Å². The minimum absolute atomic E-state index is 0.278. The maximum Gasteiger partial charge on any atom is 0.336 e. The maximum atomic E-state index is 11.5. The Balaban J connectivity index is 1.80. The Morgan fingerprint density at radius 3 is 2.60 bits per heavy atom. The molecule has 2 heterocycles. The highest BCUT2D eigenvalue weighted by molar-refractivity contribution is 5.95. The molecule has 0 bridgehead atoms. The molecule has 6 heteroatoms. The molecule has 3 rings (SSSR count). The van der Waals surface area contributed by atoms with Crippen molar-refractivity contribution in [2.24, 2.45) is 5.92 Å². The van der Waals surface area contributed by atoms with Crippen molar-refractivity contribution in [1.29, 1.82) is 0 Å². The van der Waals surface area contributed by atoms with Crippen molar-refractivity contribution >= 4 is 5.97 Å². The number of rotatable bonds is 10. The van der Waals surface area contributed by atoms with Gasteiger partial charge in [0.25, 0.3) is 0 Å². The van der Waals surface area contributed by atoms with Crippen molar-refractivity contribution in [2.75, 3.05) is 0 Å². The Hall–Kier alpha value is -3.02. The second kappa shape index (κ2) is 10.1. The molecule has 2 aromatic heterocycles. The number of aryl methyl sites for hydroxylation is 2. The minimum Gasteiger partial charge on any atom is -0.478 e. The van der Waals surface area contributed by atoms with Crippen molar-refractivity contribution in [3.05, 3.63) is 65.5 Å². The first-order valence-corrected chi connectivity index (χ1v) is 10.7. The summed E-state index contributed by atoms with van der Waals surface area (Å²) in [7, 11) is 0. The molecule has 30 heavy (non-hydrogen) atoms. The van der Waals surface area contributed by atoms with Gasteiger partial charge in [0.1, 0.15) is 5.82 Å². The molecule has 0 fully saturated rings. The van der Waals surface area contributed by atoms with Gasteiger partial charge < -0.3 is 5.11 Å². The smallest absolute Gasteiger partial charge is 0.336 e. The van der Waals surface area contributed by atoms with Crippen LogP contribution in [-0.4, -0.2) is 30.8 Å². The van der Waals surface area contributed by atoms with E-state index in [0.717, 1.165) is 55.0 Å². The van der Waals surface area contributed by atoms with Gasteiger partial charge in [0.15, 0.2) is 5.82 Å². The van der Waals surface area contributed by atoms with E-state index in [9.17, 15) is 9.90 Å². The number of hydrogen-bond acceptors (Lipinski definition) is 4. The fourth-order valence-electron chi connectivity index (χ4n) is 3.35. The third-order valence-corrected chi connectivity index (χ3v) is 5.10. The number of pyridine rings is 1. The number of benzene rings is 1. The number of carbonyl (C=O) groups is 1. The van der Waals surface area contributed by atoms with Crippen molar-refractivity contribution < 1.29 is 9.90 Å². The maximum absolute atomic E-state index is 11.5. The molecule has 0 aliphatic carbocycles. The summed E-state index contributed by atoms with van der Waals surface area (Å²) >= 11 is 0. The van der Waals surface area contributed by atoms with Gasteiger partial charge in [0.05, 0.1) is 17.8 Å². The first kappa shape index (κ1) is 21.7. The van der Waals surface area contributed by atoms with Gasteiger partial charge in [0.2, 0.25) is 0 Å². The summed E-state index contributed by atoms with van der Waals surface area (Å²) in [5, 5.41) is 14.2. The van der Waals surface area contributed by atoms with E-state index in [-0.39, 0.29) is 5.56 Å². The number of hydrogen-bond donors (Lipinski definition) is 1. The highest BCUT2D eigenvalue weighted by Gasteiger charge is 2.13. The van der Waals surface area contributed by atoms with E-state index < -0.39 is 5.97 Å². The normalized spacial score (nSPS) is 11.2. The quantitative estimate of drug-likeness (QED) is 0.511. The number of carboxylic acids is 1. The highest BCUT2D eigenvalue weighted by atomic mass is 16.4. The third-order valence-electron chi connectivity index (χ3n) is 5.10. The molecule has 6 nitrogen and oxygen atoms in total. The molecule has 3 aromatic rings. The van der Waals surface area contributed by atoms with Crippen LogP contribution in [0.2, 0.25) is 0 Å². The fourth-order valence-corrected chi connectivity index (χ4v) is 3.35. The lowest BCUT2D eigenvalue weighted by Gasteiger charge is -2.08. The number of aromatic nitrogens is 4. The lowest BCUT2D eigenvalue weighted by molar-refractivity contribution is 0.0697. The van der Waals surface area contributed by atoms with E-state index in [2.05, 4.69) is 25.8 Å². The van der Waals surface area contributed by atoms with E-state index in [1.54, 1.807) is 24.4 Å². The second-order valence-corrected chi connectivity index (χ2v) is 8.03. The Morgan fingerprint density at radius 1 is 1.13 bits per heavy atom. The van der Waals surface area contributed by atoms with Gasteiger partial charge in [-0.2, -0.15) is 5.10 Å². The van der Waals surface area contributed by atoms with Crippen molar-refractivity contribution in [3.8, 4) is 11.1 Å². The van der Waals surface area contributed by atoms with Crippen LogP contribution < -0.4 is 0 Å². The lowest BCUT2D eigenvalue weighted by atomic mass is 10.0. The summed E-state index contributed by atoms with van der Waals surface area (Å²) in [4.78, 5) is 20.8. The van der Waals surface area contributed by atoms with Crippen LogP contribution in [0.4, 0.5) is 0 Å². The zero-order valence-corrected chi connectivity index (χ0v) is 18.0. The summed E-state index contributed by atoms with van der Waals surface area (Å²) in [6, 6.07) is 10.8. The first-order valence-electron chi connectivity index (χ1n) is 10.7. The predicted molar refractivity (Wildman–Crippen MR) is 118 cm³/mol. The topological polar surface area (TPSA) is 80.9 Å². The van der Waals surface area contributed by atoms with Gasteiger partial charge in [-0.1, -0.05) is 51.5 Å². The van der Waals surface area contributed by atoms with Crippen molar-refractivity contribution in [3.63, 3.8) is 0 Å². The average Bonchev–Trinajstić information content (AvgIpc) is 3.12.